The zero-order valence-electron chi connectivity index (χ0n) is 9.82. The Balaban J connectivity index is 2.20. The molecule has 2 aromatic rings. The van der Waals surface area contributed by atoms with Crippen molar-refractivity contribution in [2.45, 2.75) is 0 Å². The molecule has 3 rings (SSSR count). The van der Waals surface area contributed by atoms with Crippen LogP contribution in [0.4, 0.5) is 5.69 Å². The van der Waals surface area contributed by atoms with Crippen molar-refractivity contribution in [3.63, 3.8) is 0 Å². The minimum absolute atomic E-state index is 0.949. The van der Waals surface area contributed by atoms with E-state index in [-0.39, 0.29) is 0 Å². The van der Waals surface area contributed by atoms with Crippen molar-refractivity contribution in [1.82, 2.24) is 0 Å². The van der Waals surface area contributed by atoms with Crippen molar-refractivity contribution in [3.8, 4) is 0 Å². The molecule has 0 bridgehead atoms. The Bertz CT molecular complexity index is 637. The van der Waals surface area contributed by atoms with Crippen LogP contribution in [0.3, 0.4) is 0 Å². The first kappa shape index (κ1) is 10.7. The number of para-hydroxylation sites is 1. The van der Waals surface area contributed by atoms with Gasteiger partial charge in [-0.25, -0.2) is 0 Å². The summed E-state index contributed by atoms with van der Waals surface area (Å²) in [5.74, 6) is 0. The number of aliphatic imine (C=N–C) groups is 2. The highest BCUT2D eigenvalue weighted by Gasteiger charge is 2.10. The van der Waals surface area contributed by atoms with Crippen LogP contribution in [0.2, 0.25) is 0 Å². The van der Waals surface area contributed by atoms with Gasteiger partial charge in [0.15, 0.2) is 0 Å². The van der Waals surface area contributed by atoms with E-state index in [4.69, 9.17) is 0 Å². The molecule has 0 saturated heterocycles. The number of hydrogen-bond donors (Lipinski definition) is 0. The summed E-state index contributed by atoms with van der Waals surface area (Å²) in [7, 11) is 0. The van der Waals surface area contributed by atoms with Gasteiger partial charge in [0.2, 0.25) is 0 Å². The van der Waals surface area contributed by atoms with E-state index in [0.29, 0.717) is 0 Å². The summed E-state index contributed by atoms with van der Waals surface area (Å²) in [6.07, 6.45) is 5.39. The predicted octanol–water partition coefficient (Wildman–Crippen LogP) is 3.75. The number of rotatable bonds is 1. The minimum Gasteiger partial charge on any atom is -0.256 e. The maximum atomic E-state index is 4.54. The number of allylic oxidation sites excluding steroid dienone is 1. The Kier molecular flexibility index (Phi) is 2.84. The Morgan fingerprint density at radius 3 is 2.44 bits per heavy atom. The van der Waals surface area contributed by atoms with Gasteiger partial charge in [0.05, 0.1) is 11.4 Å². The van der Waals surface area contributed by atoms with Crippen molar-refractivity contribution < 1.29 is 0 Å². The lowest BCUT2D eigenvalue weighted by atomic mass is 10.0. The summed E-state index contributed by atoms with van der Waals surface area (Å²) in [5.41, 5.74) is 4.07. The fraction of sp³-hybridized carbons (Fsp3) is 0. The van der Waals surface area contributed by atoms with Gasteiger partial charge in [-0.15, -0.1) is 0 Å². The third-order valence-electron chi connectivity index (χ3n) is 2.80. The maximum absolute atomic E-state index is 4.54. The van der Waals surface area contributed by atoms with Crippen LogP contribution in [0.15, 0.2) is 76.9 Å². The lowest BCUT2D eigenvalue weighted by Crippen LogP contribution is -2.03. The predicted molar refractivity (Wildman–Crippen MR) is 75.8 cm³/mol. The third-order valence-corrected chi connectivity index (χ3v) is 2.80. The topological polar surface area (TPSA) is 24.7 Å². The summed E-state index contributed by atoms with van der Waals surface area (Å²) in [4.78, 5) is 8.97. The Hall–Kier alpha value is -2.48. The van der Waals surface area contributed by atoms with Crippen LogP contribution in [0.5, 0.6) is 0 Å². The van der Waals surface area contributed by atoms with E-state index in [2.05, 4.69) is 28.2 Å². The fourth-order valence-electron chi connectivity index (χ4n) is 1.96. The molecule has 0 N–H and O–H groups in total. The van der Waals surface area contributed by atoms with Gasteiger partial charge in [-0.1, -0.05) is 48.5 Å². The second-order valence-corrected chi connectivity index (χ2v) is 3.98. The van der Waals surface area contributed by atoms with Crippen molar-refractivity contribution >= 4 is 17.6 Å². The Morgan fingerprint density at radius 1 is 0.778 bits per heavy atom. The summed E-state index contributed by atoms with van der Waals surface area (Å²) in [6, 6.07) is 18.2. The van der Waals surface area contributed by atoms with Crippen molar-refractivity contribution in [2.24, 2.45) is 9.98 Å². The van der Waals surface area contributed by atoms with Gasteiger partial charge >= 0.3 is 0 Å². The average Bonchev–Trinajstić information content (AvgIpc) is 2.41. The summed E-state index contributed by atoms with van der Waals surface area (Å²) >= 11 is 0. The van der Waals surface area contributed by atoms with Gasteiger partial charge in [-0.2, -0.15) is 0 Å². The van der Waals surface area contributed by atoms with E-state index in [1.54, 1.807) is 12.4 Å². The SMILES string of the molecule is C1=CN=C(c2ccccc2)c2ccccc2N=C1. The van der Waals surface area contributed by atoms with E-state index in [0.717, 1.165) is 22.5 Å². The third kappa shape index (κ3) is 2.00. The van der Waals surface area contributed by atoms with Gasteiger partial charge in [0, 0.05) is 23.5 Å². The summed E-state index contributed by atoms with van der Waals surface area (Å²) in [6.45, 7) is 0. The van der Waals surface area contributed by atoms with Crippen LogP contribution in [-0.4, -0.2) is 11.9 Å². The van der Waals surface area contributed by atoms with Crippen LogP contribution in [0, 0.1) is 0 Å². The molecule has 0 saturated carbocycles. The highest BCUT2D eigenvalue weighted by Crippen LogP contribution is 2.23. The van der Waals surface area contributed by atoms with E-state index < -0.39 is 0 Å². The molecule has 0 unspecified atom stereocenters. The number of nitrogens with zero attached hydrogens (tertiary/aromatic N) is 2. The van der Waals surface area contributed by atoms with Crippen LogP contribution in [0.1, 0.15) is 11.1 Å². The molecule has 0 aliphatic carbocycles. The Morgan fingerprint density at radius 2 is 1.56 bits per heavy atom. The largest absolute Gasteiger partial charge is 0.256 e. The molecule has 0 aromatic heterocycles. The molecule has 86 valence electrons. The molecule has 0 fully saturated rings. The van der Waals surface area contributed by atoms with Gasteiger partial charge in [-0.05, 0) is 12.1 Å². The zero-order chi connectivity index (χ0) is 12.2. The first-order chi connectivity index (χ1) is 8.95. The quantitative estimate of drug-likeness (QED) is 0.715. The molecule has 0 spiro atoms. The van der Waals surface area contributed by atoms with E-state index in [1.165, 1.54) is 0 Å². The molecular formula is C16H12N2. The van der Waals surface area contributed by atoms with Gasteiger partial charge in [0.1, 0.15) is 0 Å². The van der Waals surface area contributed by atoms with Crippen LogP contribution >= 0.6 is 0 Å². The average molecular weight is 232 g/mol. The Labute approximate surface area is 106 Å². The smallest absolute Gasteiger partial charge is 0.0795 e. The number of benzene rings is 2. The summed E-state index contributed by atoms with van der Waals surface area (Å²) in [5, 5.41) is 0. The van der Waals surface area contributed by atoms with Crippen molar-refractivity contribution in [1.29, 1.82) is 0 Å². The normalized spacial score (nSPS) is 13.4. The molecule has 2 aromatic carbocycles. The molecular weight excluding hydrogens is 220 g/mol. The van der Waals surface area contributed by atoms with Gasteiger partial charge in [-0.3, -0.25) is 9.98 Å². The second kappa shape index (κ2) is 4.80. The number of hydrogen-bond acceptors (Lipinski definition) is 2. The van der Waals surface area contributed by atoms with E-state index in [1.807, 2.05) is 42.5 Å². The van der Waals surface area contributed by atoms with Crippen molar-refractivity contribution in [2.75, 3.05) is 0 Å². The molecule has 18 heavy (non-hydrogen) atoms. The molecule has 2 nitrogen and oxygen atoms in total. The standard InChI is InChI=1S/C16H12N2/c1-2-7-13(8-3-1)16-14-9-4-5-10-15(14)17-11-6-12-18-16/h1-12H. The zero-order valence-corrected chi connectivity index (χ0v) is 9.82. The van der Waals surface area contributed by atoms with E-state index >= 15 is 0 Å². The number of fused-ring (bicyclic) bond motifs is 1. The minimum atomic E-state index is 0.949. The fourth-order valence-corrected chi connectivity index (χ4v) is 1.96. The molecule has 1 heterocycles. The highest BCUT2D eigenvalue weighted by molar-refractivity contribution is 6.16. The van der Waals surface area contributed by atoms with E-state index in [9.17, 15) is 0 Å². The van der Waals surface area contributed by atoms with Crippen LogP contribution in [-0.2, 0) is 0 Å². The summed E-state index contributed by atoms with van der Waals surface area (Å²) < 4.78 is 0. The second-order valence-electron chi connectivity index (χ2n) is 3.98. The first-order valence-electron chi connectivity index (χ1n) is 5.87. The molecule has 0 amide bonds. The molecule has 1 aliphatic heterocycles. The van der Waals surface area contributed by atoms with Gasteiger partial charge < -0.3 is 0 Å². The molecule has 0 atom stereocenters. The lowest BCUT2D eigenvalue weighted by molar-refractivity contribution is 1.44. The molecule has 1 aliphatic rings. The molecule has 0 radical (unpaired) electrons. The van der Waals surface area contributed by atoms with Gasteiger partial charge in [0.25, 0.3) is 0 Å². The van der Waals surface area contributed by atoms with Crippen LogP contribution < -0.4 is 0 Å². The monoisotopic (exact) mass is 232 g/mol. The first-order valence-corrected chi connectivity index (χ1v) is 5.87. The van der Waals surface area contributed by atoms with Crippen LogP contribution in [0.25, 0.3) is 0 Å². The lowest BCUT2D eigenvalue weighted by Gasteiger charge is -2.10. The maximum Gasteiger partial charge on any atom is 0.0795 e. The van der Waals surface area contributed by atoms with Crippen molar-refractivity contribution in [3.05, 3.63) is 78.0 Å². The highest BCUT2D eigenvalue weighted by atomic mass is 14.8. The molecule has 2 heteroatoms.